The van der Waals surface area contributed by atoms with Crippen LogP contribution in [0, 0.1) is 11.6 Å². The summed E-state index contributed by atoms with van der Waals surface area (Å²) in [5, 5.41) is 2.87. The molecule has 1 N–H and O–H groups in total. The number of hydrogen-bond donors (Lipinski definition) is 1. The van der Waals surface area contributed by atoms with Crippen molar-refractivity contribution in [3.63, 3.8) is 0 Å². The minimum atomic E-state index is -4.91. The van der Waals surface area contributed by atoms with E-state index in [9.17, 15) is 26.7 Å². The van der Waals surface area contributed by atoms with Crippen LogP contribution in [-0.4, -0.2) is 15.8 Å². The van der Waals surface area contributed by atoms with Gasteiger partial charge in [-0.05, 0) is 35.9 Å². The van der Waals surface area contributed by atoms with Crippen molar-refractivity contribution in [2.45, 2.75) is 12.7 Å². The maximum atomic E-state index is 13.3. The van der Waals surface area contributed by atoms with E-state index in [-0.39, 0.29) is 22.9 Å². The minimum Gasteiger partial charge on any atom is -0.350 e. The van der Waals surface area contributed by atoms with E-state index in [1.165, 1.54) is 12.1 Å². The molecule has 0 fully saturated rings. The molecule has 0 radical (unpaired) electrons. The van der Waals surface area contributed by atoms with Gasteiger partial charge in [0.25, 0.3) is 0 Å². The molecule has 0 atom stereocenters. The van der Waals surface area contributed by atoms with E-state index in [0.717, 1.165) is 24.0 Å². The van der Waals surface area contributed by atoms with Crippen molar-refractivity contribution in [3.05, 3.63) is 88.7 Å². The first-order valence-electron chi connectivity index (χ1n) is 7.96. The Kier molecular flexibility index (Phi) is 5.34. The van der Waals surface area contributed by atoms with Crippen LogP contribution in [0.2, 0.25) is 0 Å². The molecule has 0 unspecified atom stereocenters. The predicted octanol–water partition coefficient (Wildman–Crippen LogP) is 4.62. The highest BCUT2D eigenvalue weighted by atomic mass is 19.4. The molecule has 144 valence electrons. The highest BCUT2D eigenvalue weighted by molar-refractivity contribution is 6.08. The van der Waals surface area contributed by atoms with Gasteiger partial charge in [0.1, 0.15) is 11.6 Å². The van der Waals surface area contributed by atoms with Crippen molar-refractivity contribution in [3.8, 4) is 0 Å². The van der Waals surface area contributed by atoms with Gasteiger partial charge in [-0.1, -0.05) is 12.1 Å². The van der Waals surface area contributed by atoms with Gasteiger partial charge >= 0.3 is 6.18 Å². The van der Waals surface area contributed by atoms with E-state index in [0.29, 0.717) is 18.7 Å². The molecule has 0 saturated heterocycles. The van der Waals surface area contributed by atoms with Gasteiger partial charge in [0.05, 0.1) is 11.1 Å². The molecule has 3 aromatic rings. The lowest BCUT2D eigenvalue weighted by Crippen LogP contribution is -2.11. The first-order valence-corrected chi connectivity index (χ1v) is 7.96. The third-order valence-electron chi connectivity index (χ3n) is 3.81. The van der Waals surface area contributed by atoms with E-state index in [2.05, 4.69) is 15.3 Å². The first-order chi connectivity index (χ1) is 13.2. The summed E-state index contributed by atoms with van der Waals surface area (Å²) in [5.41, 5.74) is -1.12. The Morgan fingerprint density at radius 2 is 1.57 bits per heavy atom. The summed E-state index contributed by atoms with van der Waals surface area (Å²) in [7, 11) is 0. The molecule has 1 aromatic heterocycles. The number of hydrogen-bond acceptors (Lipinski definition) is 4. The summed E-state index contributed by atoms with van der Waals surface area (Å²) >= 11 is 0. The van der Waals surface area contributed by atoms with Crippen LogP contribution < -0.4 is 5.32 Å². The van der Waals surface area contributed by atoms with E-state index in [1.807, 2.05) is 0 Å². The Labute approximate surface area is 156 Å². The topological polar surface area (TPSA) is 54.9 Å². The van der Waals surface area contributed by atoms with Crippen LogP contribution in [-0.2, 0) is 12.7 Å². The molecule has 4 nitrogen and oxygen atoms in total. The quantitative estimate of drug-likeness (QED) is 0.508. The number of nitrogens with zero attached hydrogens (tertiary/aromatic N) is 2. The Balaban J connectivity index is 1.72. The summed E-state index contributed by atoms with van der Waals surface area (Å²) in [5.74, 6) is -2.41. The third kappa shape index (κ3) is 4.48. The number of carbonyl (C=O) groups excluding carboxylic acids is 1. The molecule has 0 bridgehead atoms. The van der Waals surface area contributed by atoms with Gasteiger partial charge in [-0.25, -0.2) is 18.7 Å². The molecule has 9 heteroatoms. The molecule has 0 aliphatic rings. The second kappa shape index (κ2) is 7.71. The molecule has 1 heterocycles. The fourth-order valence-electron chi connectivity index (χ4n) is 2.37. The highest BCUT2D eigenvalue weighted by Crippen LogP contribution is 2.32. The molecular weight excluding hydrogens is 381 g/mol. The molecule has 28 heavy (non-hydrogen) atoms. The zero-order valence-corrected chi connectivity index (χ0v) is 14.1. The molecule has 0 saturated carbocycles. The second-order valence-electron chi connectivity index (χ2n) is 5.80. The smallest absolute Gasteiger partial charge is 0.350 e. The van der Waals surface area contributed by atoms with Crippen LogP contribution in [0.1, 0.15) is 27.0 Å². The number of halogens is 5. The maximum Gasteiger partial charge on any atom is 0.419 e. The summed E-state index contributed by atoms with van der Waals surface area (Å²) in [6, 6.07) is 7.77. The molecular formula is C19H12F5N3O. The van der Waals surface area contributed by atoms with E-state index in [4.69, 9.17) is 0 Å². The summed E-state index contributed by atoms with van der Waals surface area (Å²) < 4.78 is 64.6. The zero-order chi connectivity index (χ0) is 20.3. The monoisotopic (exact) mass is 393 g/mol. The van der Waals surface area contributed by atoms with Gasteiger partial charge in [0.2, 0.25) is 5.95 Å². The van der Waals surface area contributed by atoms with Gasteiger partial charge in [-0.15, -0.1) is 0 Å². The van der Waals surface area contributed by atoms with Crippen LogP contribution >= 0.6 is 0 Å². The maximum absolute atomic E-state index is 13.3. The summed E-state index contributed by atoms with van der Waals surface area (Å²) in [6.45, 7) is 0.306. The lowest BCUT2D eigenvalue weighted by atomic mass is 10.0. The standard InChI is InChI=1S/C19H12F5N3O/c20-14-4-1-11(2-5-14)8-25-18-26-9-13(10-27-18)17(28)12-3-6-16(21)15(7-12)19(22,23)24/h1-7,9-10H,8H2,(H,25,26,27). The van der Waals surface area contributed by atoms with Crippen LogP contribution in [0.25, 0.3) is 0 Å². The van der Waals surface area contributed by atoms with Gasteiger partial charge in [-0.3, -0.25) is 4.79 Å². The average molecular weight is 393 g/mol. The second-order valence-corrected chi connectivity index (χ2v) is 5.80. The largest absolute Gasteiger partial charge is 0.419 e. The van der Waals surface area contributed by atoms with Crippen LogP contribution in [0.15, 0.2) is 54.9 Å². The van der Waals surface area contributed by atoms with Crippen molar-refractivity contribution in [2.75, 3.05) is 5.32 Å². The van der Waals surface area contributed by atoms with E-state index < -0.39 is 23.3 Å². The molecule has 0 aliphatic heterocycles. The van der Waals surface area contributed by atoms with Crippen LogP contribution in [0.3, 0.4) is 0 Å². The fraction of sp³-hybridized carbons (Fsp3) is 0.105. The average Bonchev–Trinajstić information content (AvgIpc) is 2.67. The molecule has 0 aliphatic carbocycles. The number of nitrogens with one attached hydrogen (secondary N) is 1. The van der Waals surface area contributed by atoms with E-state index in [1.54, 1.807) is 12.1 Å². The summed E-state index contributed by atoms with van der Waals surface area (Å²) in [6.07, 6.45) is -2.61. The van der Waals surface area contributed by atoms with Gasteiger partial charge < -0.3 is 5.32 Å². The Morgan fingerprint density at radius 1 is 0.929 bits per heavy atom. The van der Waals surface area contributed by atoms with Gasteiger partial charge in [-0.2, -0.15) is 13.2 Å². The van der Waals surface area contributed by atoms with Crippen molar-refractivity contribution in [1.29, 1.82) is 0 Å². The Hall–Kier alpha value is -3.36. The number of rotatable bonds is 5. The SMILES string of the molecule is O=C(c1cnc(NCc2ccc(F)cc2)nc1)c1ccc(F)c(C(F)(F)F)c1. The number of ketones is 1. The van der Waals surface area contributed by atoms with Gasteiger partial charge in [0, 0.05) is 24.5 Å². The van der Waals surface area contributed by atoms with Crippen molar-refractivity contribution < 1.29 is 26.7 Å². The van der Waals surface area contributed by atoms with Crippen LogP contribution in [0.4, 0.5) is 27.9 Å². The summed E-state index contributed by atoms with van der Waals surface area (Å²) in [4.78, 5) is 20.2. The highest BCUT2D eigenvalue weighted by Gasteiger charge is 2.34. The Bertz CT molecular complexity index is 986. The lowest BCUT2D eigenvalue weighted by Gasteiger charge is -2.10. The zero-order valence-electron chi connectivity index (χ0n) is 14.1. The number of benzene rings is 2. The molecule has 2 aromatic carbocycles. The normalized spacial score (nSPS) is 11.3. The number of aromatic nitrogens is 2. The van der Waals surface area contributed by atoms with Crippen LogP contribution in [0.5, 0.6) is 0 Å². The van der Waals surface area contributed by atoms with E-state index >= 15 is 0 Å². The minimum absolute atomic E-state index is 0.0490. The predicted molar refractivity (Wildman–Crippen MR) is 90.6 cm³/mol. The molecule has 0 spiro atoms. The number of anilines is 1. The lowest BCUT2D eigenvalue weighted by molar-refractivity contribution is -0.140. The third-order valence-corrected chi connectivity index (χ3v) is 3.81. The van der Waals surface area contributed by atoms with Crippen molar-refractivity contribution in [1.82, 2.24) is 9.97 Å². The fourth-order valence-corrected chi connectivity index (χ4v) is 2.37. The number of carbonyl (C=O) groups is 1. The molecule has 0 amide bonds. The molecule has 3 rings (SSSR count). The number of alkyl halides is 3. The van der Waals surface area contributed by atoms with Crippen molar-refractivity contribution >= 4 is 11.7 Å². The Morgan fingerprint density at radius 3 is 2.18 bits per heavy atom. The first kappa shape index (κ1) is 19.4. The van der Waals surface area contributed by atoms with Gasteiger partial charge in [0.15, 0.2) is 5.78 Å². The van der Waals surface area contributed by atoms with Crippen molar-refractivity contribution in [2.24, 2.45) is 0 Å².